The normalized spacial score (nSPS) is 13.6. The number of rotatable bonds is 9. The van der Waals surface area contributed by atoms with Crippen LogP contribution < -0.4 is 5.32 Å². The molecule has 2 N–H and O–H groups in total. The van der Waals surface area contributed by atoms with Crippen molar-refractivity contribution < 1.29 is 24.2 Å². The van der Waals surface area contributed by atoms with E-state index in [1.807, 2.05) is 0 Å². The van der Waals surface area contributed by atoms with Gasteiger partial charge in [-0.05, 0) is 18.3 Å². The van der Waals surface area contributed by atoms with Crippen LogP contribution in [0.4, 0.5) is 4.79 Å². The Morgan fingerprint density at radius 1 is 1.14 bits per heavy atom. The van der Waals surface area contributed by atoms with Crippen molar-refractivity contribution in [2.75, 3.05) is 6.54 Å². The average molecular weight is 315 g/mol. The Labute approximate surface area is 132 Å². The quantitative estimate of drug-likeness (QED) is 0.387. The lowest BCUT2D eigenvalue weighted by molar-refractivity contribution is -0.168. The second kappa shape index (κ2) is 10.1. The van der Waals surface area contributed by atoms with Crippen LogP contribution in [0.3, 0.4) is 0 Å². The SMILES string of the molecule is C=C(O)C[C@@H](CNC(=O)O[C@H](C)OC(=O)C(C)C)CC(C)C. The molecule has 0 aliphatic carbocycles. The maximum Gasteiger partial charge on any atom is 0.410 e. The first-order chi connectivity index (χ1) is 10.1. The standard InChI is InChI=1S/C16H29NO5/c1-10(2)7-14(8-12(5)18)9-17-16(20)22-13(6)21-15(19)11(3)4/h10-11,13-14,18H,5,7-9H2,1-4,6H3,(H,17,20)/t13-,14+/m1/s1. The van der Waals surface area contributed by atoms with Crippen molar-refractivity contribution >= 4 is 12.1 Å². The first-order valence-electron chi connectivity index (χ1n) is 7.63. The molecule has 0 aromatic carbocycles. The van der Waals surface area contributed by atoms with E-state index >= 15 is 0 Å². The highest BCUT2D eigenvalue weighted by Gasteiger charge is 2.18. The van der Waals surface area contributed by atoms with Gasteiger partial charge in [0.05, 0.1) is 11.7 Å². The predicted molar refractivity (Wildman–Crippen MR) is 84.2 cm³/mol. The Balaban J connectivity index is 4.22. The largest absolute Gasteiger partial charge is 0.513 e. The molecule has 0 unspecified atom stereocenters. The van der Waals surface area contributed by atoms with Crippen LogP contribution in [0.2, 0.25) is 0 Å². The molecule has 0 fully saturated rings. The van der Waals surface area contributed by atoms with Gasteiger partial charge >= 0.3 is 12.1 Å². The number of hydrogen-bond acceptors (Lipinski definition) is 5. The second-order valence-electron chi connectivity index (χ2n) is 6.21. The zero-order valence-corrected chi connectivity index (χ0v) is 14.2. The third-order valence-corrected chi connectivity index (χ3v) is 2.89. The third-order valence-electron chi connectivity index (χ3n) is 2.89. The molecule has 0 spiro atoms. The molecule has 0 bridgehead atoms. The van der Waals surface area contributed by atoms with E-state index in [2.05, 4.69) is 25.7 Å². The summed E-state index contributed by atoms with van der Waals surface area (Å²) < 4.78 is 9.90. The van der Waals surface area contributed by atoms with E-state index < -0.39 is 18.4 Å². The molecule has 0 heterocycles. The van der Waals surface area contributed by atoms with E-state index in [0.29, 0.717) is 18.9 Å². The molecule has 0 aromatic heterocycles. The van der Waals surface area contributed by atoms with Gasteiger partial charge in [0.15, 0.2) is 0 Å². The van der Waals surface area contributed by atoms with E-state index in [0.717, 1.165) is 6.42 Å². The van der Waals surface area contributed by atoms with Crippen molar-refractivity contribution in [2.45, 2.75) is 53.8 Å². The van der Waals surface area contributed by atoms with Crippen LogP contribution in [-0.4, -0.2) is 30.0 Å². The van der Waals surface area contributed by atoms with Gasteiger partial charge in [0.2, 0.25) is 6.29 Å². The lowest BCUT2D eigenvalue weighted by Crippen LogP contribution is -2.34. The van der Waals surface area contributed by atoms with Crippen molar-refractivity contribution in [1.82, 2.24) is 5.32 Å². The van der Waals surface area contributed by atoms with Crippen LogP contribution in [0.25, 0.3) is 0 Å². The summed E-state index contributed by atoms with van der Waals surface area (Å²) in [4.78, 5) is 23.0. The summed E-state index contributed by atoms with van der Waals surface area (Å²) >= 11 is 0. The molecule has 0 saturated heterocycles. The van der Waals surface area contributed by atoms with Crippen molar-refractivity contribution in [3.63, 3.8) is 0 Å². The minimum atomic E-state index is -0.939. The van der Waals surface area contributed by atoms with Crippen molar-refractivity contribution in [2.24, 2.45) is 17.8 Å². The van der Waals surface area contributed by atoms with E-state index in [9.17, 15) is 14.7 Å². The van der Waals surface area contributed by atoms with Crippen LogP contribution in [0.1, 0.15) is 47.5 Å². The molecule has 0 rings (SSSR count). The summed E-state index contributed by atoms with van der Waals surface area (Å²) in [5.41, 5.74) is 0. The zero-order chi connectivity index (χ0) is 17.3. The summed E-state index contributed by atoms with van der Waals surface area (Å²) in [6.45, 7) is 12.9. The molecule has 0 saturated carbocycles. The van der Waals surface area contributed by atoms with Crippen LogP contribution >= 0.6 is 0 Å². The molecule has 2 atom stereocenters. The van der Waals surface area contributed by atoms with Crippen LogP contribution in [0.5, 0.6) is 0 Å². The molecule has 0 radical (unpaired) electrons. The van der Waals surface area contributed by atoms with Crippen LogP contribution in [0.15, 0.2) is 12.3 Å². The number of aliphatic hydroxyl groups is 1. The van der Waals surface area contributed by atoms with Gasteiger partial charge in [-0.1, -0.05) is 34.3 Å². The maximum absolute atomic E-state index is 11.7. The molecule has 128 valence electrons. The van der Waals surface area contributed by atoms with Gasteiger partial charge in [-0.3, -0.25) is 4.79 Å². The van der Waals surface area contributed by atoms with Gasteiger partial charge < -0.3 is 19.9 Å². The fourth-order valence-corrected chi connectivity index (χ4v) is 1.98. The molecule has 6 nitrogen and oxygen atoms in total. The smallest absolute Gasteiger partial charge is 0.410 e. The number of carbonyl (C=O) groups is 2. The van der Waals surface area contributed by atoms with Gasteiger partial charge in [-0.25, -0.2) is 4.79 Å². The fraction of sp³-hybridized carbons (Fsp3) is 0.750. The van der Waals surface area contributed by atoms with Gasteiger partial charge in [0, 0.05) is 19.9 Å². The summed E-state index contributed by atoms with van der Waals surface area (Å²) in [6.07, 6.45) is -0.318. The highest BCUT2D eigenvalue weighted by Crippen LogP contribution is 2.17. The number of ether oxygens (including phenoxy) is 2. The Bertz CT molecular complexity index is 379. The van der Waals surface area contributed by atoms with E-state index in [4.69, 9.17) is 9.47 Å². The van der Waals surface area contributed by atoms with Gasteiger partial charge in [-0.15, -0.1) is 0 Å². The Hall–Kier alpha value is -1.72. The number of hydrogen-bond donors (Lipinski definition) is 2. The van der Waals surface area contributed by atoms with E-state index in [1.165, 1.54) is 6.92 Å². The lowest BCUT2D eigenvalue weighted by Gasteiger charge is -2.20. The van der Waals surface area contributed by atoms with E-state index in [-0.39, 0.29) is 17.6 Å². The number of allylic oxidation sites excluding steroid dienone is 1. The van der Waals surface area contributed by atoms with Gasteiger partial charge in [0.25, 0.3) is 0 Å². The maximum atomic E-state index is 11.7. The zero-order valence-electron chi connectivity index (χ0n) is 14.2. The Morgan fingerprint density at radius 3 is 2.18 bits per heavy atom. The first-order valence-corrected chi connectivity index (χ1v) is 7.63. The third kappa shape index (κ3) is 10.1. The monoisotopic (exact) mass is 315 g/mol. The predicted octanol–water partition coefficient (Wildman–Crippen LogP) is 3.38. The second-order valence-corrected chi connectivity index (χ2v) is 6.21. The summed E-state index contributed by atoms with van der Waals surface area (Å²) in [6, 6.07) is 0. The summed E-state index contributed by atoms with van der Waals surface area (Å²) in [5, 5.41) is 11.9. The molecule has 22 heavy (non-hydrogen) atoms. The molecule has 0 aliphatic rings. The number of alkyl carbamates (subject to hydrolysis) is 1. The number of aliphatic hydroxyl groups excluding tert-OH is 1. The van der Waals surface area contributed by atoms with Crippen molar-refractivity contribution in [1.29, 1.82) is 0 Å². The number of carbonyl (C=O) groups excluding carboxylic acids is 2. The molecule has 1 amide bonds. The Morgan fingerprint density at radius 2 is 1.73 bits per heavy atom. The lowest BCUT2D eigenvalue weighted by atomic mass is 9.93. The minimum absolute atomic E-state index is 0.0820. The van der Waals surface area contributed by atoms with Crippen LogP contribution in [-0.2, 0) is 14.3 Å². The number of nitrogens with one attached hydrogen (secondary N) is 1. The van der Waals surface area contributed by atoms with Crippen molar-refractivity contribution in [3.8, 4) is 0 Å². The highest BCUT2D eigenvalue weighted by molar-refractivity contribution is 5.72. The highest BCUT2D eigenvalue weighted by atomic mass is 16.7. The summed E-state index contributed by atoms with van der Waals surface area (Å²) in [5.74, 6) is -0.0821. The molecular weight excluding hydrogens is 286 g/mol. The average Bonchev–Trinajstić information content (AvgIpc) is 2.34. The fourth-order valence-electron chi connectivity index (χ4n) is 1.98. The summed E-state index contributed by atoms with van der Waals surface area (Å²) in [7, 11) is 0. The van der Waals surface area contributed by atoms with Gasteiger partial charge in [-0.2, -0.15) is 0 Å². The van der Waals surface area contributed by atoms with Gasteiger partial charge in [0.1, 0.15) is 0 Å². The van der Waals surface area contributed by atoms with Crippen molar-refractivity contribution in [3.05, 3.63) is 12.3 Å². The first kappa shape index (κ1) is 20.3. The molecule has 0 aromatic rings. The van der Waals surface area contributed by atoms with Crippen LogP contribution in [0, 0.1) is 17.8 Å². The van der Waals surface area contributed by atoms with E-state index in [1.54, 1.807) is 13.8 Å². The molecular formula is C16H29NO5. The minimum Gasteiger partial charge on any atom is -0.513 e. The molecule has 6 heteroatoms. The topological polar surface area (TPSA) is 84.9 Å². The number of esters is 1. The molecule has 0 aliphatic heterocycles. The number of amides is 1. The Kier molecular flexibility index (Phi) is 9.29.